The summed E-state index contributed by atoms with van der Waals surface area (Å²) in [7, 11) is 1.56. The number of ether oxygens (including phenoxy) is 2. The van der Waals surface area contributed by atoms with Crippen molar-refractivity contribution in [1.82, 2.24) is 4.98 Å². The smallest absolute Gasteiger partial charge is 0.265 e. The number of nitrogens with zero attached hydrogens (tertiary/aromatic N) is 2. The molecular formula is C15H15N3O3. The van der Waals surface area contributed by atoms with E-state index in [1.807, 2.05) is 12.1 Å². The molecule has 1 aliphatic heterocycles. The highest BCUT2D eigenvalue weighted by Crippen LogP contribution is 2.34. The molecule has 0 saturated carbocycles. The van der Waals surface area contributed by atoms with Gasteiger partial charge in [-0.3, -0.25) is 9.69 Å². The van der Waals surface area contributed by atoms with E-state index in [-0.39, 0.29) is 12.5 Å². The van der Waals surface area contributed by atoms with Gasteiger partial charge in [0.2, 0.25) is 5.88 Å². The molecule has 0 saturated heterocycles. The van der Waals surface area contributed by atoms with Gasteiger partial charge in [-0.15, -0.1) is 0 Å². The van der Waals surface area contributed by atoms with Gasteiger partial charge in [0.1, 0.15) is 5.75 Å². The van der Waals surface area contributed by atoms with Gasteiger partial charge in [-0.25, -0.2) is 4.98 Å². The summed E-state index contributed by atoms with van der Waals surface area (Å²) >= 11 is 0. The van der Waals surface area contributed by atoms with Crippen LogP contribution in [0, 0.1) is 0 Å². The average Bonchev–Trinajstić information content (AvgIpc) is 2.50. The van der Waals surface area contributed by atoms with Gasteiger partial charge in [-0.1, -0.05) is 6.07 Å². The zero-order chi connectivity index (χ0) is 14.8. The molecular weight excluding hydrogens is 270 g/mol. The van der Waals surface area contributed by atoms with E-state index in [0.717, 1.165) is 5.69 Å². The molecule has 108 valence electrons. The Morgan fingerprint density at radius 1 is 1.38 bits per heavy atom. The van der Waals surface area contributed by atoms with Gasteiger partial charge in [0.15, 0.2) is 6.61 Å². The minimum absolute atomic E-state index is 0.000418. The molecule has 2 N–H and O–H groups in total. The molecule has 6 nitrogen and oxygen atoms in total. The van der Waals surface area contributed by atoms with Crippen LogP contribution in [0.4, 0.5) is 11.4 Å². The van der Waals surface area contributed by atoms with Crippen LogP contribution < -0.4 is 20.1 Å². The highest BCUT2D eigenvalue weighted by Gasteiger charge is 2.26. The molecule has 0 fully saturated rings. The highest BCUT2D eigenvalue weighted by molar-refractivity contribution is 5.98. The Balaban J connectivity index is 1.92. The maximum atomic E-state index is 12.1. The van der Waals surface area contributed by atoms with Crippen LogP contribution in [0.3, 0.4) is 0 Å². The predicted octanol–water partition coefficient (Wildman–Crippen LogP) is 1.60. The first-order chi connectivity index (χ1) is 10.2. The third-order valence-corrected chi connectivity index (χ3v) is 3.24. The number of rotatable bonds is 3. The Morgan fingerprint density at radius 3 is 3.05 bits per heavy atom. The van der Waals surface area contributed by atoms with E-state index in [2.05, 4.69) is 4.98 Å². The fourth-order valence-corrected chi connectivity index (χ4v) is 2.22. The van der Waals surface area contributed by atoms with Crippen LogP contribution in [-0.2, 0) is 11.3 Å². The number of benzene rings is 1. The second-order valence-electron chi connectivity index (χ2n) is 4.67. The van der Waals surface area contributed by atoms with Crippen molar-refractivity contribution >= 4 is 17.3 Å². The predicted molar refractivity (Wildman–Crippen MR) is 78.3 cm³/mol. The molecule has 21 heavy (non-hydrogen) atoms. The van der Waals surface area contributed by atoms with Crippen molar-refractivity contribution in [3.05, 3.63) is 42.1 Å². The number of hydrogen-bond donors (Lipinski definition) is 1. The van der Waals surface area contributed by atoms with Crippen LogP contribution in [0.5, 0.6) is 11.6 Å². The summed E-state index contributed by atoms with van der Waals surface area (Å²) in [6.45, 7) is 0.358. The fraction of sp³-hybridized carbons (Fsp3) is 0.200. The van der Waals surface area contributed by atoms with Crippen molar-refractivity contribution in [2.45, 2.75) is 6.54 Å². The zero-order valence-corrected chi connectivity index (χ0v) is 11.6. The van der Waals surface area contributed by atoms with Crippen molar-refractivity contribution in [2.24, 2.45) is 0 Å². The highest BCUT2D eigenvalue weighted by atomic mass is 16.5. The summed E-state index contributed by atoms with van der Waals surface area (Å²) in [6.07, 6.45) is 0. The van der Waals surface area contributed by atoms with Gasteiger partial charge in [-0.05, 0) is 18.2 Å². The molecule has 6 heteroatoms. The van der Waals surface area contributed by atoms with Crippen LogP contribution in [0.25, 0.3) is 0 Å². The Labute approximate surface area is 122 Å². The number of hydrogen-bond acceptors (Lipinski definition) is 5. The molecule has 2 heterocycles. The van der Waals surface area contributed by atoms with E-state index in [4.69, 9.17) is 15.2 Å². The van der Waals surface area contributed by atoms with Gasteiger partial charge < -0.3 is 15.2 Å². The SMILES string of the molecule is COc1cccc(CN2C(=O)COc3cc(N)ccc32)n1. The molecule has 2 aromatic rings. The molecule has 0 spiro atoms. The summed E-state index contributed by atoms with van der Waals surface area (Å²) < 4.78 is 10.5. The Morgan fingerprint density at radius 2 is 2.24 bits per heavy atom. The van der Waals surface area contributed by atoms with E-state index in [1.165, 1.54) is 0 Å². The summed E-state index contributed by atoms with van der Waals surface area (Å²) in [6, 6.07) is 10.7. The van der Waals surface area contributed by atoms with Gasteiger partial charge >= 0.3 is 0 Å². The van der Waals surface area contributed by atoms with E-state index < -0.39 is 0 Å². The van der Waals surface area contributed by atoms with E-state index in [0.29, 0.717) is 29.5 Å². The molecule has 0 atom stereocenters. The van der Waals surface area contributed by atoms with Crippen molar-refractivity contribution in [2.75, 3.05) is 24.4 Å². The number of nitrogen functional groups attached to an aromatic ring is 1. The lowest BCUT2D eigenvalue weighted by molar-refractivity contribution is -0.121. The quantitative estimate of drug-likeness (QED) is 0.867. The topological polar surface area (TPSA) is 77.7 Å². The van der Waals surface area contributed by atoms with E-state index in [9.17, 15) is 4.79 Å². The number of amides is 1. The maximum absolute atomic E-state index is 12.1. The molecule has 1 aromatic carbocycles. The van der Waals surface area contributed by atoms with Gasteiger partial charge in [-0.2, -0.15) is 0 Å². The molecule has 0 unspecified atom stereocenters. The maximum Gasteiger partial charge on any atom is 0.265 e. The molecule has 1 aliphatic rings. The number of pyridine rings is 1. The van der Waals surface area contributed by atoms with Crippen LogP contribution in [0.15, 0.2) is 36.4 Å². The lowest BCUT2D eigenvalue weighted by atomic mass is 10.2. The first-order valence-electron chi connectivity index (χ1n) is 6.50. The monoisotopic (exact) mass is 285 g/mol. The van der Waals surface area contributed by atoms with E-state index in [1.54, 1.807) is 36.3 Å². The Hall–Kier alpha value is -2.76. The van der Waals surface area contributed by atoms with Crippen LogP contribution in [0.1, 0.15) is 5.69 Å². The standard InChI is InChI=1S/C15H15N3O3/c1-20-14-4-2-3-11(17-14)8-18-12-6-5-10(16)7-13(12)21-9-15(18)19/h2-7H,8-9,16H2,1H3. The number of methoxy groups -OCH3 is 1. The van der Waals surface area contributed by atoms with Crippen molar-refractivity contribution in [3.63, 3.8) is 0 Å². The largest absolute Gasteiger partial charge is 0.481 e. The van der Waals surface area contributed by atoms with Crippen LogP contribution in [0.2, 0.25) is 0 Å². The minimum Gasteiger partial charge on any atom is -0.481 e. The summed E-state index contributed by atoms with van der Waals surface area (Å²) in [5.41, 5.74) is 7.78. The summed E-state index contributed by atoms with van der Waals surface area (Å²) in [4.78, 5) is 18.1. The number of anilines is 2. The second kappa shape index (κ2) is 5.32. The van der Waals surface area contributed by atoms with Gasteiger partial charge in [0, 0.05) is 17.8 Å². The lowest BCUT2D eigenvalue weighted by Gasteiger charge is -2.29. The number of carbonyl (C=O) groups excluding carboxylic acids is 1. The number of carbonyl (C=O) groups is 1. The van der Waals surface area contributed by atoms with Gasteiger partial charge in [0.05, 0.1) is 25.0 Å². The van der Waals surface area contributed by atoms with Crippen LogP contribution in [-0.4, -0.2) is 24.6 Å². The summed E-state index contributed by atoms with van der Waals surface area (Å²) in [5, 5.41) is 0. The number of aromatic nitrogens is 1. The first-order valence-corrected chi connectivity index (χ1v) is 6.50. The number of fused-ring (bicyclic) bond motifs is 1. The molecule has 1 amide bonds. The zero-order valence-electron chi connectivity index (χ0n) is 11.6. The molecule has 0 bridgehead atoms. The second-order valence-corrected chi connectivity index (χ2v) is 4.67. The van der Waals surface area contributed by atoms with Crippen molar-refractivity contribution in [3.8, 4) is 11.6 Å². The van der Waals surface area contributed by atoms with Crippen molar-refractivity contribution < 1.29 is 14.3 Å². The lowest BCUT2D eigenvalue weighted by Crippen LogP contribution is -2.38. The normalized spacial score (nSPS) is 13.6. The van der Waals surface area contributed by atoms with Gasteiger partial charge in [0.25, 0.3) is 5.91 Å². The minimum atomic E-state index is -0.114. The number of nitrogens with two attached hydrogens (primary N) is 1. The third-order valence-electron chi connectivity index (χ3n) is 3.24. The van der Waals surface area contributed by atoms with Crippen LogP contribution >= 0.6 is 0 Å². The van der Waals surface area contributed by atoms with Crippen molar-refractivity contribution in [1.29, 1.82) is 0 Å². The third kappa shape index (κ3) is 2.60. The summed E-state index contributed by atoms with van der Waals surface area (Å²) in [5.74, 6) is 1.01. The molecule has 0 radical (unpaired) electrons. The molecule has 1 aromatic heterocycles. The molecule has 3 rings (SSSR count). The first kappa shape index (κ1) is 13.2. The molecule has 0 aliphatic carbocycles. The average molecular weight is 285 g/mol. The Bertz CT molecular complexity index is 688. The Kier molecular flexibility index (Phi) is 3.35. The van der Waals surface area contributed by atoms with E-state index >= 15 is 0 Å². The fourth-order valence-electron chi connectivity index (χ4n) is 2.22.